The van der Waals surface area contributed by atoms with Crippen LogP contribution in [0.2, 0.25) is 0 Å². The number of carboxylic acid groups (broad SMARTS) is 1. The average Bonchev–Trinajstić information content (AvgIpc) is 2.87. The highest BCUT2D eigenvalue weighted by Crippen LogP contribution is 2.30. The van der Waals surface area contributed by atoms with Crippen LogP contribution in [-0.2, 0) is 17.6 Å². The lowest BCUT2D eigenvalue weighted by Gasteiger charge is -2.02. The van der Waals surface area contributed by atoms with E-state index in [1.54, 1.807) is 11.3 Å². The molecule has 1 aromatic heterocycles. The maximum Gasteiger partial charge on any atom is 0.313 e. The number of carbonyl (C=O) groups is 2. The Hall–Kier alpha value is -1.01. The zero-order chi connectivity index (χ0) is 13.0. The fourth-order valence-electron chi connectivity index (χ4n) is 1.92. The second kappa shape index (κ2) is 6.24. The third kappa shape index (κ3) is 3.49. The second-order valence-electron chi connectivity index (χ2n) is 4.11. The fourth-order valence-corrected chi connectivity index (χ4v) is 3.66. The number of carbonyl (C=O) groups excluding carboxylic acids is 1. The van der Waals surface area contributed by atoms with E-state index >= 15 is 0 Å². The molecule has 0 fully saturated rings. The van der Waals surface area contributed by atoms with E-state index in [0.717, 1.165) is 17.7 Å². The lowest BCUT2D eigenvalue weighted by Crippen LogP contribution is -2.25. The number of thioether (sulfide) groups is 1. The maximum absolute atomic E-state index is 11.8. The molecule has 1 heterocycles. The van der Waals surface area contributed by atoms with Crippen molar-refractivity contribution in [2.24, 2.45) is 0 Å². The number of rotatable bonds is 6. The predicted molar refractivity (Wildman–Crippen MR) is 73.6 cm³/mol. The van der Waals surface area contributed by atoms with Crippen molar-refractivity contribution >= 4 is 35.0 Å². The van der Waals surface area contributed by atoms with Crippen LogP contribution in [0.5, 0.6) is 0 Å². The third-order valence-corrected chi connectivity index (χ3v) is 4.91. The number of carboxylic acids is 1. The van der Waals surface area contributed by atoms with E-state index in [0.29, 0.717) is 12.3 Å². The normalized spacial score (nSPS) is 13.3. The molecular formula is C12H15NO3S2. The van der Waals surface area contributed by atoms with Crippen LogP contribution in [0.15, 0.2) is 6.07 Å². The molecule has 0 aliphatic heterocycles. The standard InChI is InChI=1S/C12H15NO3S2/c14-11(15)7-17-5-4-13-12(16)10-6-8-2-1-3-9(8)18-10/h6H,1-5,7H2,(H,13,16)(H,14,15). The van der Waals surface area contributed by atoms with Gasteiger partial charge in [0.25, 0.3) is 5.91 Å². The maximum atomic E-state index is 11.8. The van der Waals surface area contributed by atoms with Crippen molar-refractivity contribution < 1.29 is 14.7 Å². The van der Waals surface area contributed by atoms with Gasteiger partial charge in [-0.2, -0.15) is 0 Å². The molecule has 4 nitrogen and oxygen atoms in total. The topological polar surface area (TPSA) is 66.4 Å². The van der Waals surface area contributed by atoms with E-state index in [9.17, 15) is 9.59 Å². The minimum atomic E-state index is -0.819. The summed E-state index contributed by atoms with van der Waals surface area (Å²) in [6, 6.07) is 1.99. The second-order valence-corrected chi connectivity index (χ2v) is 6.36. The first-order valence-corrected chi connectivity index (χ1v) is 7.83. The van der Waals surface area contributed by atoms with Crippen molar-refractivity contribution in [1.29, 1.82) is 0 Å². The monoisotopic (exact) mass is 285 g/mol. The third-order valence-electron chi connectivity index (χ3n) is 2.73. The van der Waals surface area contributed by atoms with E-state index in [1.165, 1.54) is 28.6 Å². The van der Waals surface area contributed by atoms with E-state index in [1.807, 2.05) is 6.07 Å². The fraction of sp³-hybridized carbons (Fsp3) is 0.500. The van der Waals surface area contributed by atoms with Crippen molar-refractivity contribution in [2.45, 2.75) is 19.3 Å². The molecule has 0 bridgehead atoms. The lowest BCUT2D eigenvalue weighted by molar-refractivity contribution is -0.133. The molecule has 98 valence electrons. The summed E-state index contributed by atoms with van der Waals surface area (Å²) in [5.41, 5.74) is 1.32. The van der Waals surface area contributed by atoms with Crippen molar-refractivity contribution in [3.8, 4) is 0 Å². The summed E-state index contributed by atoms with van der Waals surface area (Å²) >= 11 is 2.90. The summed E-state index contributed by atoms with van der Waals surface area (Å²) < 4.78 is 0. The largest absolute Gasteiger partial charge is 0.481 e. The summed E-state index contributed by atoms with van der Waals surface area (Å²) in [6.45, 7) is 0.513. The molecule has 0 radical (unpaired) electrons. The first-order chi connectivity index (χ1) is 8.66. The molecule has 1 aliphatic carbocycles. The summed E-state index contributed by atoms with van der Waals surface area (Å²) in [5, 5.41) is 11.3. The van der Waals surface area contributed by atoms with Crippen molar-refractivity contribution in [1.82, 2.24) is 5.32 Å². The predicted octanol–water partition coefficient (Wildman–Crippen LogP) is 1.78. The van der Waals surface area contributed by atoms with Gasteiger partial charge in [0.15, 0.2) is 0 Å². The van der Waals surface area contributed by atoms with Gasteiger partial charge in [-0.1, -0.05) is 0 Å². The van der Waals surface area contributed by atoms with Crippen LogP contribution < -0.4 is 5.32 Å². The van der Waals surface area contributed by atoms with Crippen LogP contribution in [0.4, 0.5) is 0 Å². The highest BCUT2D eigenvalue weighted by molar-refractivity contribution is 7.99. The first-order valence-electron chi connectivity index (χ1n) is 5.86. The van der Waals surface area contributed by atoms with Crippen LogP contribution in [0.25, 0.3) is 0 Å². The first kappa shape index (κ1) is 13.4. The van der Waals surface area contributed by atoms with Gasteiger partial charge in [-0.05, 0) is 30.9 Å². The quantitative estimate of drug-likeness (QED) is 0.782. The van der Waals surface area contributed by atoms with Crippen LogP contribution in [0.1, 0.15) is 26.5 Å². The number of hydrogen-bond donors (Lipinski definition) is 2. The van der Waals surface area contributed by atoms with Gasteiger partial charge in [0.05, 0.1) is 10.6 Å². The number of aryl methyl sites for hydroxylation is 2. The van der Waals surface area contributed by atoms with Gasteiger partial charge in [-0.3, -0.25) is 9.59 Å². The molecule has 1 amide bonds. The number of fused-ring (bicyclic) bond motifs is 1. The average molecular weight is 285 g/mol. The molecular weight excluding hydrogens is 270 g/mol. The van der Waals surface area contributed by atoms with E-state index in [-0.39, 0.29) is 11.7 Å². The number of thiophene rings is 1. The Labute approximate surface area is 114 Å². The minimum Gasteiger partial charge on any atom is -0.481 e. The van der Waals surface area contributed by atoms with Crippen molar-refractivity contribution in [3.63, 3.8) is 0 Å². The zero-order valence-corrected chi connectivity index (χ0v) is 11.5. The molecule has 2 rings (SSSR count). The van der Waals surface area contributed by atoms with Gasteiger partial charge in [-0.25, -0.2) is 0 Å². The van der Waals surface area contributed by atoms with Gasteiger partial charge >= 0.3 is 5.97 Å². The smallest absolute Gasteiger partial charge is 0.313 e. The van der Waals surface area contributed by atoms with Crippen LogP contribution in [0, 0.1) is 0 Å². The molecule has 1 aliphatic rings. The molecule has 0 spiro atoms. The summed E-state index contributed by atoms with van der Waals surface area (Å²) in [7, 11) is 0. The highest BCUT2D eigenvalue weighted by atomic mass is 32.2. The Morgan fingerprint density at radius 1 is 1.44 bits per heavy atom. The van der Waals surface area contributed by atoms with Crippen LogP contribution >= 0.6 is 23.1 Å². The van der Waals surface area contributed by atoms with Gasteiger partial charge < -0.3 is 10.4 Å². The van der Waals surface area contributed by atoms with Crippen molar-refractivity contribution in [2.75, 3.05) is 18.1 Å². The Morgan fingerprint density at radius 3 is 3.00 bits per heavy atom. The number of nitrogens with one attached hydrogen (secondary N) is 1. The summed E-state index contributed by atoms with van der Waals surface area (Å²) in [6.07, 6.45) is 3.39. The Kier molecular flexibility index (Phi) is 4.66. The lowest BCUT2D eigenvalue weighted by atomic mass is 10.2. The number of aliphatic carboxylic acids is 1. The van der Waals surface area contributed by atoms with Crippen LogP contribution in [0.3, 0.4) is 0 Å². The SMILES string of the molecule is O=C(O)CSCCNC(=O)c1cc2c(s1)CCC2. The molecule has 1 aromatic rings. The molecule has 0 saturated carbocycles. The summed E-state index contributed by atoms with van der Waals surface area (Å²) in [4.78, 5) is 24.2. The number of hydrogen-bond acceptors (Lipinski definition) is 4. The van der Waals surface area contributed by atoms with Gasteiger partial charge in [0.2, 0.25) is 0 Å². The number of amides is 1. The van der Waals surface area contributed by atoms with Gasteiger partial charge in [0, 0.05) is 17.2 Å². The molecule has 0 aromatic carbocycles. The van der Waals surface area contributed by atoms with Gasteiger partial charge in [-0.15, -0.1) is 23.1 Å². The van der Waals surface area contributed by atoms with E-state index in [2.05, 4.69) is 5.32 Å². The zero-order valence-electron chi connectivity index (χ0n) is 9.90. The molecule has 18 heavy (non-hydrogen) atoms. The Balaban J connectivity index is 1.72. The van der Waals surface area contributed by atoms with Crippen molar-refractivity contribution in [3.05, 3.63) is 21.4 Å². The minimum absolute atomic E-state index is 0.0367. The van der Waals surface area contributed by atoms with Gasteiger partial charge in [0.1, 0.15) is 0 Å². The Morgan fingerprint density at radius 2 is 2.28 bits per heavy atom. The van der Waals surface area contributed by atoms with E-state index in [4.69, 9.17) is 5.11 Å². The molecule has 0 unspecified atom stereocenters. The summed E-state index contributed by atoms with van der Waals surface area (Å²) in [5.74, 6) is -0.141. The molecule has 6 heteroatoms. The molecule has 2 N–H and O–H groups in total. The molecule has 0 atom stereocenters. The van der Waals surface area contributed by atoms with Crippen LogP contribution in [-0.4, -0.2) is 35.0 Å². The highest BCUT2D eigenvalue weighted by Gasteiger charge is 2.17. The van der Waals surface area contributed by atoms with E-state index < -0.39 is 5.97 Å². The molecule has 0 saturated heterocycles. The Bertz CT molecular complexity index is 435.